The van der Waals surface area contributed by atoms with Gasteiger partial charge in [-0.25, -0.2) is 4.98 Å². The van der Waals surface area contributed by atoms with Crippen molar-refractivity contribution in [1.82, 2.24) is 9.88 Å². The molecule has 6 nitrogen and oxygen atoms in total. The number of benzene rings is 1. The van der Waals surface area contributed by atoms with Gasteiger partial charge in [0.1, 0.15) is 5.82 Å². The van der Waals surface area contributed by atoms with Crippen LogP contribution in [0, 0.1) is 12.8 Å². The lowest BCUT2D eigenvalue weighted by molar-refractivity contribution is -0.121. The molecule has 3 N–H and O–H groups in total. The number of likely N-dealkylation sites (tertiary alicyclic amines) is 1. The van der Waals surface area contributed by atoms with Crippen molar-refractivity contribution in [3.05, 3.63) is 59.3 Å². The number of hydrogen-bond donors (Lipinski definition) is 2. The summed E-state index contributed by atoms with van der Waals surface area (Å²) >= 11 is 0. The first-order chi connectivity index (χ1) is 12.6. The molecule has 144 valence electrons. The number of pyridine rings is 1. The number of rotatable bonds is 4. The van der Waals surface area contributed by atoms with E-state index in [4.69, 9.17) is 5.73 Å². The van der Waals surface area contributed by atoms with Crippen LogP contribution in [0.25, 0.3) is 0 Å². The third-order valence-corrected chi connectivity index (χ3v) is 4.75. The van der Waals surface area contributed by atoms with Gasteiger partial charge in [0, 0.05) is 37.3 Å². The van der Waals surface area contributed by atoms with E-state index in [1.807, 2.05) is 42.2 Å². The van der Waals surface area contributed by atoms with Crippen molar-refractivity contribution in [2.75, 3.05) is 18.4 Å². The van der Waals surface area contributed by atoms with Crippen molar-refractivity contribution < 1.29 is 9.59 Å². The SMILES string of the molecule is Cc1ccc(NC(=O)C2CCN(C(=O)c3ccc(CN)cc3)CC2)nc1.Cl. The molecule has 1 aliphatic heterocycles. The normalized spacial score (nSPS) is 14.4. The van der Waals surface area contributed by atoms with E-state index in [9.17, 15) is 9.59 Å². The summed E-state index contributed by atoms with van der Waals surface area (Å²) in [5.41, 5.74) is 8.30. The van der Waals surface area contributed by atoms with Gasteiger partial charge in [-0.05, 0) is 49.1 Å². The van der Waals surface area contributed by atoms with Gasteiger partial charge >= 0.3 is 0 Å². The van der Waals surface area contributed by atoms with Crippen molar-refractivity contribution in [3.63, 3.8) is 0 Å². The Balaban J connectivity index is 0.00000261. The van der Waals surface area contributed by atoms with Crippen LogP contribution in [0.3, 0.4) is 0 Å². The highest BCUT2D eigenvalue weighted by atomic mass is 35.5. The Kier molecular flexibility index (Phi) is 7.33. The Morgan fingerprint density at radius 3 is 2.37 bits per heavy atom. The fourth-order valence-corrected chi connectivity index (χ4v) is 3.08. The minimum absolute atomic E-state index is 0. The lowest BCUT2D eigenvalue weighted by atomic mass is 9.95. The fraction of sp³-hybridized carbons (Fsp3) is 0.350. The second-order valence-corrected chi connectivity index (χ2v) is 6.68. The molecule has 7 heteroatoms. The molecule has 0 radical (unpaired) electrons. The topological polar surface area (TPSA) is 88.3 Å². The smallest absolute Gasteiger partial charge is 0.253 e. The summed E-state index contributed by atoms with van der Waals surface area (Å²) in [5.74, 6) is 0.453. The summed E-state index contributed by atoms with van der Waals surface area (Å²) in [6, 6.07) is 11.1. The van der Waals surface area contributed by atoms with E-state index in [-0.39, 0.29) is 30.1 Å². The molecule has 0 unspecified atom stereocenters. The van der Waals surface area contributed by atoms with E-state index in [0.29, 0.717) is 43.9 Å². The molecule has 27 heavy (non-hydrogen) atoms. The van der Waals surface area contributed by atoms with E-state index in [2.05, 4.69) is 10.3 Å². The maximum Gasteiger partial charge on any atom is 0.253 e. The van der Waals surface area contributed by atoms with Crippen LogP contribution in [-0.4, -0.2) is 34.8 Å². The molecule has 1 aliphatic rings. The number of aromatic nitrogens is 1. The van der Waals surface area contributed by atoms with Crippen LogP contribution in [0.4, 0.5) is 5.82 Å². The zero-order chi connectivity index (χ0) is 18.5. The number of nitrogens with zero attached hydrogens (tertiary/aromatic N) is 2. The van der Waals surface area contributed by atoms with Gasteiger partial charge in [-0.3, -0.25) is 9.59 Å². The third-order valence-electron chi connectivity index (χ3n) is 4.75. The van der Waals surface area contributed by atoms with E-state index >= 15 is 0 Å². The number of amides is 2. The van der Waals surface area contributed by atoms with E-state index in [1.54, 1.807) is 12.3 Å². The molecular weight excluding hydrogens is 364 g/mol. The summed E-state index contributed by atoms with van der Waals surface area (Å²) in [7, 11) is 0. The molecule has 0 atom stereocenters. The van der Waals surface area contributed by atoms with Crippen LogP contribution in [0.15, 0.2) is 42.6 Å². The van der Waals surface area contributed by atoms with Gasteiger partial charge in [-0.2, -0.15) is 0 Å². The molecule has 0 saturated carbocycles. The number of nitrogens with one attached hydrogen (secondary N) is 1. The fourth-order valence-electron chi connectivity index (χ4n) is 3.08. The molecule has 0 spiro atoms. The zero-order valence-corrected chi connectivity index (χ0v) is 16.2. The van der Waals surface area contributed by atoms with Crippen LogP contribution >= 0.6 is 12.4 Å². The molecule has 2 aromatic rings. The molecule has 1 saturated heterocycles. The molecule has 1 aromatic carbocycles. The number of hydrogen-bond acceptors (Lipinski definition) is 4. The van der Waals surface area contributed by atoms with Crippen LogP contribution < -0.4 is 11.1 Å². The second-order valence-electron chi connectivity index (χ2n) is 6.68. The van der Waals surface area contributed by atoms with Gasteiger partial charge in [0.05, 0.1) is 0 Å². The molecular formula is C20H25ClN4O2. The van der Waals surface area contributed by atoms with E-state index < -0.39 is 0 Å². The van der Waals surface area contributed by atoms with Crippen LogP contribution in [0.1, 0.15) is 34.3 Å². The summed E-state index contributed by atoms with van der Waals surface area (Å²) in [6.45, 7) is 3.58. The molecule has 0 bridgehead atoms. The number of aryl methyl sites for hydroxylation is 1. The highest BCUT2D eigenvalue weighted by Crippen LogP contribution is 2.21. The highest BCUT2D eigenvalue weighted by Gasteiger charge is 2.28. The average Bonchev–Trinajstić information content (AvgIpc) is 2.69. The minimum atomic E-state index is -0.0956. The van der Waals surface area contributed by atoms with Crippen molar-refractivity contribution >= 4 is 30.0 Å². The summed E-state index contributed by atoms with van der Waals surface area (Å²) in [6.07, 6.45) is 3.04. The van der Waals surface area contributed by atoms with E-state index in [0.717, 1.165) is 11.1 Å². The number of carbonyl (C=O) groups excluding carboxylic acids is 2. The van der Waals surface area contributed by atoms with Crippen LogP contribution in [-0.2, 0) is 11.3 Å². The standard InChI is InChI=1S/C20H24N4O2.ClH/c1-14-2-7-18(22-13-14)23-19(25)16-8-10-24(11-9-16)20(26)17-5-3-15(12-21)4-6-17;/h2-7,13,16H,8-12,21H2,1H3,(H,22,23,25);1H. The van der Waals surface area contributed by atoms with Crippen molar-refractivity contribution in [1.29, 1.82) is 0 Å². The van der Waals surface area contributed by atoms with Gasteiger partial charge in [0.25, 0.3) is 5.91 Å². The number of piperidine rings is 1. The lowest BCUT2D eigenvalue weighted by Gasteiger charge is -2.31. The molecule has 2 amide bonds. The van der Waals surface area contributed by atoms with Crippen molar-refractivity contribution in [2.45, 2.75) is 26.3 Å². The van der Waals surface area contributed by atoms with Gasteiger partial charge < -0.3 is 16.0 Å². The first kappa shape index (κ1) is 20.9. The number of nitrogens with two attached hydrogens (primary N) is 1. The first-order valence-electron chi connectivity index (χ1n) is 8.88. The highest BCUT2D eigenvalue weighted by molar-refractivity contribution is 5.95. The second kappa shape index (κ2) is 9.48. The summed E-state index contributed by atoms with van der Waals surface area (Å²) in [5, 5.41) is 2.86. The molecule has 2 heterocycles. The predicted octanol–water partition coefficient (Wildman–Crippen LogP) is 2.76. The number of anilines is 1. The molecule has 1 aromatic heterocycles. The van der Waals surface area contributed by atoms with E-state index in [1.165, 1.54) is 0 Å². The van der Waals surface area contributed by atoms with Crippen LogP contribution in [0.2, 0.25) is 0 Å². The Labute approximate surface area is 165 Å². The number of halogens is 1. The molecule has 1 fully saturated rings. The van der Waals surface area contributed by atoms with Gasteiger partial charge in [0.2, 0.25) is 5.91 Å². The Bertz CT molecular complexity index is 770. The Hall–Kier alpha value is -2.44. The largest absolute Gasteiger partial charge is 0.339 e. The van der Waals surface area contributed by atoms with Crippen molar-refractivity contribution in [2.24, 2.45) is 11.7 Å². The first-order valence-corrected chi connectivity index (χ1v) is 8.88. The molecule has 3 rings (SSSR count). The maximum atomic E-state index is 12.6. The average molecular weight is 389 g/mol. The summed E-state index contributed by atoms with van der Waals surface area (Å²) < 4.78 is 0. The van der Waals surface area contributed by atoms with Crippen molar-refractivity contribution in [3.8, 4) is 0 Å². The van der Waals surface area contributed by atoms with Gasteiger partial charge in [-0.1, -0.05) is 18.2 Å². The maximum absolute atomic E-state index is 12.6. The Morgan fingerprint density at radius 1 is 1.15 bits per heavy atom. The quantitative estimate of drug-likeness (QED) is 0.842. The summed E-state index contributed by atoms with van der Waals surface area (Å²) in [4.78, 5) is 31.0. The van der Waals surface area contributed by atoms with Crippen LogP contribution in [0.5, 0.6) is 0 Å². The monoisotopic (exact) mass is 388 g/mol. The lowest BCUT2D eigenvalue weighted by Crippen LogP contribution is -2.41. The minimum Gasteiger partial charge on any atom is -0.339 e. The molecule has 0 aliphatic carbocycles. The predicted molar refractivity (Wildman–Crippen MR) is 108 cm³/mol. The van der Waals surface area contributed by atoms with Gasteiger partial charge in [0.15, 0.2) is 0 Å². The van der Waals surface area contributed by atoms with Gasteiger partial charge in [-0.15, -0.1) is 12.4 Å². The zero-order valence-electron chi connectivity index (χ0n) is 15.4. The number of carbonyl (C=O) groups is 2. The Morgan fingerprint density at radius 2 is 1.81 bits per heavy atom. The third kappa shape index (κ3) is 5.28.